The van der Waals surface area contributed by atoms with Gasteiger partial charge in [-0.05, 0) is 145 Å². The summed E-state index contributed by atoms with van der Waals surface area (Å²) in [5.41, 5.74) is 12.2. The molecule has 5 heterocycles. The molecule has 5 aromatic carbocycles. The lowest BCUT2D eigenvalue weighted by atomic mass is 9.78. The summed E-state index contributed by atoms with van der Waals surface area (Å²) >= 11 is 0. The number of carbonyl (C=O) groups is 4. The van der Waals surface area contributed by atoms with Crippen LogP contribution in [0, 0.1) is 40.0 Å². The number of benzene rings is 5. The zero-order valence-corrected chi connectivity index (χ0v) is 60.9. The molecule has 2 N–H and O–H groups in total. The minimum atomic E-state index is -3.52. The third-order valence-corrected chi connectivity index (χ3v) is 18.9. The van der Waals surface area contributed by atoms with Gasteiger partial charge in [-0.25, -0.2) is 22.6 Å². The fourth-order valence-corrected chi connectivity index (χ4v) is 13.9. The highest BCUT2D eigenvalue weighted by Crippen LogP contribution is 2.43. The molecular weight excluding hydrogens is 1290 g/mol. The molecule has 2 aromatic heterocycles. The van der Waals surface area contributed by atoms with E-state index in [4.69, 9.17) is 28.7 Å². The number of aliphatic hydroxyl groups excluding tert-OH is 1. The molecule has 0 amide bonds. The number of aliphatic hydroxyl groups is 1. The van der Waals surface area contributed by atoms with Crippen molar-refractivity contribution < 1.29 is 61.4 Å². The number of allylic oxidation sites excluding steroid dienone is 2. The molecule has 0 bridgehead atoms. The Bertz CT molecular complexity index is 4480. The maximum atomic E-state index is 13.5. The van der Waals surface area contributed by atoms with Crippen LogP contribution >= 0.6 is 0 Å². The number of esters is 2. The molecule has 0 saturated carbocycles. The number of rotatable bonds is 17. The lowest BCUT2D eigenvalue weighted by Crippen LogP contribution is -2.29. The number of ether oxygens (including phenoxy) is 3. The first-order chi connectivity index (χ1) is 47.5. The van der Waals surface area contributed by atoms with Crippen molar-refractivity contribution in [2.24, 2.45) is 27.9 Å². The molecular formula is C77H93N7O15S. The van der Waals surface area contributed by atoms with E-state index in [1.165, 1.54) is 57.9 Å². The predicted molar refractivity (Wildman–Crippen MR) is 384 cm³/mol. The number of aromatic nitrogens is 4. The highest BCUT2D eigenvalue weighted by molar-refractivity contribution is 7.90. The van der Waals surface area contributed by atoms with Crippen LogP contribution < -0.4 is 15.9 Å². The lowest BCUT2D eigenvalue weighted by molar-refractivity contribution is -0.143. The van der Waals surface area contributed by atoms with Crippen LogP contribution in [0.4, 0.5) is 0 Å². The summed E-state index contributed by atoms with van der Waals surface area (Å²) in [6, 6.07) is 31.0. The summed E-state index contributed by atoms with van der Waals surface area (Å²) in [6.07, 6.45) is 6.27. The third-order valence-electron chi connectivity index (χ3n) is 17.7. The van der Waals surface area contributed by atoms with E-state index < -0.39 is 38.2 Å². The molecule has 11 rings (SSSR count). The average molecular weight is 1390 g/mol. The normalized spacial score (nSPS) is 15.8. The Hall–Kier alpha value is -9.74. The molecule has 7 aromatic rings. The number of aromatic amines is 1. The van der Waals surface area contributed by atoms with Gasteiger partial charge in [0.05, 0.1) is 66.6 Å². The Morgan fingerprint density at radius 3 is 1.85 bits per heavy atom. The molecule has 22 nitrogen and oxygen atoms in total. The molecule has 4 aliphatic rings. The van der Waals surface area contributed by atoms with Gasteiger partial charge in [0, 0.05) is 61.0 Å². The Kier molecular flexibility index (Phi) is 25.1. The molecule has 0 radical (unpaired) electrons. The fourth-order valence-electron chi connectivity index (χ4n) is 13.0. The van der Waals surface area contributed by atoms with Gasteiger partial charge >= 0.3 is 11.9 Å². The van der Waals surface area contributed by atoms with Gasteiger partial charge in [-0.2, -0.15) is 0 Å². The number of ketones is 2. The Morgan fingerprint density at radius 2 is 1.34 bits per heavy atom. The number of aryl methyl sites for hydroxylation is 7. The third kappa shape index (κ3) is 16.9. The van der Waals surface area contributed by atoms with Crippen molar-refractivity contribution in [1.29, 1.82) is 0 Å². The summed E-state index contributed by atoms with van der Waals surface area (Å²) in [6.45, 7) is 28.0. The summed E-state index contributed by atoms with van der Waals surface area (Å²) in [5.74, 6) is -0.801. The molecule has 1 atom stereocenters. The number of oxime groups is 3. The van der Waals surface area contributed by atoms with Crippen LogP contribution in [0.5, 0.6) is 5.88 Å². The highest BCUT2D eigenvalue weighted by Gasteiger charge is 2.45. The SMILES string of the molecule is CCO/N=C(\CC)C1=C(O)CC(c2c(C)cc(C)cc2C)CC1=O.CCOC(=O)C1=NOC(c2ccccc2)(c2ccccc2)C1.CCc1cc(C)cc(CC)c1-c1c(OC(=O)C(C)(C)C)n2n(c1=O)CCOCC2.Cc1c(C(=O)c2c[nH]n(C)c2=O)ccc(S(C)(=O)=O)c1C1=NOCC1. The van der Waals surface area contributed by atoms with Crippen LogP contribution in [0.1, 0.15) is 171 Å². The number of hydrogen-bond donors (Lipinski definition) is 2. The number of Topliss-reactive ketones (excluding diaryl/α,β-unsaturated/α-hetero) is 1. The molecule has 0 saturated heterocycles. The van der Waals surface area contributed by atoms with Crippen molar-refractivity contribution in [2.45, 2.75) is 164 Å². The first kappa shape index (κ1) is 76.0. The average Bonchev–Trinajstić information content (AvgIpc) is 1.55. The molecule has 100 heavy (non-hydrogen) atoms. The second-order valence-corrected chi connectivity index (χ2v) is 28.1. The maximum Gasteiger partial charge on any atom is 0.356 e. The highest BCUT2D eigenvalue weighted by atomic mass is 32.2. The van der Waals surface area contributed by atoms with Gasteiger partial charge in [0.15, 0.2) is 32.7 Å². The van der Waals surface area contributed by atoms with Crippen LogP contribution in [0.15, 0.2) is 145 Å². The monoisotopic (exact) mass is 1390 g/mol. The summed E-state index contributed by atoms with van der Waals surface area (Å²) in [5, 5.41) is 25.1. The van der Waals surface area contributed by atoms with Crippen molar-refractivity contribution in [3.05, 3.63) is 208 Å². The number of fused-ring (bicyclic) bond motifs is 1. The van der Waals surface area contributed by atoms with Crippen molar-refractivity contribution in [3.63, 3.8) is 0 Å². The van der Waals surface area contributed by atoms with Crippen LogP contribution in [0.2, 0.25) is 0 Å². The maximum absolute atomic E-state index is 13.5. The van der Waals surface area contributed by atoms with E-state index in [1.807, 2.05) is 95.3 Å². The summed E-state index contributed by atoms with van der Waals surface area (Å²) < 4.78 is 45.4. The molecule has 0 fully saturated rings. The number of carbonyl (C=O) groups excluding carboxylic acids is 4. The quantitative estimate of drug-likeness (QED) is 0.0371. The molecule has 532 valence electrons. The van der Waals surface area contributed by atoms with Gasteiger partial charge in [0.1, 0.15) is 30.1 Å². The second-order valence-electron chi connectivity index (χ2n) is 26.1. The van der Waals surface area contributed by atoms with E-state index in [2.05, 4.69) is 86.4 Å². The Labute approximate surface area is 584 Å². The van der Waals surface area contributed by atoms with Crippen LogP contribution in [-0.4, -0.2) is 113 Å². The first-order valence-corrected chi connectivity index (χ1v) is 35.8. The van der Waals surface area contributed by atoms with Crippen LogP contribution in [0.3, 0.4) is 0 Å². The molecule has 1 aliphatic carbocycles. The standard InChI is InChI=1S/C23H32N2O4.C20H27NO3.C18H17NO3.C16H17N3O5S/c1-7-16-13-15(3)14-17(8-2)18(16)19-20(26)24-9-11-28-12-10-25(24)21(19)29-22(27)23(4,5)6;1-6-16(21-24-7-2)20-17(22)10-15(11-18(20)23)19-13(4)8-12(3)9-14(19)5;1-2-21-17(20)16-13-18(22-19-16,14-9-5-3-6-10-14)15-11-7-4-8-12-15;1-9-10(15(20)11-8-17-19(2)16(11)21)4-5-13(25(3,22)23)14(9)12-6-7-24-18-12/h13-14H,7-12H2,1-6H3;8-9,15,22H,6-7,10-11H2,1-5H3;3-12H,2,13H2,1H3;4-5,8,17H,6-7H2,1-3H3/b;21-16+;;. The van der Waals surface area contributed by atoms with Gasteiger partial charge in [-0.1, -0.05) is 132 Å². The molecule has 1 unspecified atom stereocenters. The van der Waals surface area contributed by atoms with E-state index in [0.29, 0.717) is 124 Å². The van der Waals surface area contributed by atoms with Crippen molar-refractivity contribution in [2.75, 3.05) is 39.3 Å². The molecule has 23 heteroatoms. The van der Waals surface area contributed by atoms with Crippen LogP contribution in [0.25, 0.3) is 11.1 Å². The first-order valence-electron chi connectivity index (χ1n) is 33.9. The topological polar surface area (TPSA) is 280 Å². The van der Waals surface area contributed by atoms with E-state index in [-0.39, 0.29) is 45.0 Å². The van der Waals surface area contributed by atoms with E-state index >= 15 is 0 Å². The van der Waals surface area contributed by atoms with Gasteiger partial charge in [0.25, 0.3) is 11.1 Å². The van der Waals surface area contributed by atoms with Gasteiger partial charge in [-0.3, -0.25) is 28.7 Å². The minimum Gasteiger partial charge on any atom is -0.511 e. The second kappa shape index (κ2) is 33.0. The van der Waals surface area contributed by atoms with Gasteiger partial charge in [-0.15, -0.1) is 0 Å². The largest absolute Gasteiger partial charge is 0.511 e. The van der Waals surface area contributed by atoms with E-state index in [9.17, 15) is 42.3 Å². The van der Waals surface area contributed by atoms with Crippen molar-refractivity contribution in [1.82, 2.24) is 19.1 Å². The van der Waals surface area contributed by atoms with E-state index in [0.717, 1.165) is 46.9 Å². The number of hydrogen-bond acceptors (Lipinski definition) is 18. The van der Waals surface area contributed by atoms with Gasteiger partial charge < -0.3 is 38.9 Å². The zero-order chi connectivity index (χ0) is 73.0. The number of sulfone groups is 1. The zero-order valence-electron chi connectivity index (χ0n) is 60.0. The van der Waals surface area contributed by atoms with Gasteiger partial charge in [0.2, 0.25) is 5.88 Å². The predicted octanol–water partition coefficient (Wildman–Crippen LogP) is 12.5. The van der Waals surface area contributed by atoms with E-state index in [1.54, 1.807) is 23.2 Å². The lowest BCUT2D eigenvalue weighted by Gasteiger charge is -2.27. The smallest absolute Gasteiger partial charge is 0.356 e. The molecule has 0 spiro atoms. The van der Waals surface area contributed by atoms with Crippen molar-refractivity contribution in [3.8, 4) is 17.0 Å². The van der Waals surface area contributed by atoms with Crippen LogP contribution in [-0.2, 0) is 86.8 Å². The number of nitrogens with zero attached hydrogens (tertiary/aromatic N) is 6. The minimum absolute atomic E-state index is 0.00623. The Morgan fingerprint density at radius 1 is 0.740 bits per heavy atom. The summed E-state index contributed by atoms with van der Waals surface area (Å²) in [7, 11) is -2.02. The number of H-pyrrole nitrogens is 1. The number of nitrogens with one attached hydrogen (secondary N) is 1. The Balaban J connectivity index is 0.000000170. The fraction of sp³-hybridized carbons (Fsp3) is 0.416. The van der Waals surface area contributed by atoms with Crippen molar-refractivity contribution >= 4 is 50.5 Å². The molecule has 3 aliphatic heterocycles. The summed E-state index contributed by atoms with van der Waals surface area (Å²) in [4.78, 5) is 91.7.